The molecule has 3 aliphatic heterocycles. The molecule has 11 heteroatoms. The zero-order chi connectivity index (χ0) is 47.4. The highest BCUT2D eigenvalue weighted by Crippen LogP contribution is 2.49. The van der Waals surface area contributed by atoms with Gasteiger partial charge in [-0.2, -0.15) is 0 Å². The first-order chi connectivity index (χ1) is 31.9. The average molecular weight is 905 g/mol. The maximum Gasteiger partial charge on any atom is 0.384 e. The van der Waals surface area contributed by atoms with Gasteiger partial charge in [0.25, 0.3) is 0 Å². The molecule has 358 valence electrons. The van der Waals surface area contributed by atoms with Crippen molar-refractivity contribution in [2.75, 3.05) is 13.7 Å². The van der Waals surface area contributed by atoms with E-state index in [1.54, 1.807) is 6.92 Å². The minimum absolute atomic E-state index is 0.0608. The van der Waals surface area contributed by atoms with E-state index in [9.17, 15) is 19.5 Å². The number of aromatic amines is 2. The van der Waals surface area contributed by atoms with Gasteiger partial charge < -0.3 is 29.3 Å². The molecule has 8 bridgehead atoms. The summed E-state index contributed by atoms with van der Waals surface area (Å²) in [7, 11) is 1.12. The van der Waals surface area contributed by atoms with Crippen LogP contribution in [0.1, 0.15) is 219 Å². The molecule has 0 aromatic carbocycles. The van der Waals surface area contributed by atoms with Gasteiger partial charge in [0.1, 0.15) is 0 Å². The summed E-state index contributed by atoms with van der Waals surface area (Å²) in [5.41, 5.74) is 9.65. The lowest BCUT2D eigenvalue weighted by atomic mass is 9.82. The number of allylic oxidation sites excluding steroid dienone is 1. The third kappa shape index (κ3) is 11.4. The molecule has 66 heavy (non-hydrogen) atoms. The van der Waals surface area contributed by atoms with Crippen molar-refractivity contribution < 1.29 is 33.7 Å². The van der Waals surface area contributed by atoms with E-state index in [1.807, 2.05) is 32.1 Å². The highest BCUT2D eigenvalue weighted by molar-refractivity contribution is 6.27. The number of aryl methyl sites for hydroxylation is 3. The van der Waals surface area contributed by atoms with Crippen molar-refractivity contribution in [3.8, 4) is 0 Å². The molecule has 6 heterocycles. The topological polar surface area (TPSA) is 156 Å². The molecule has 3 aromatic heterocycles. The van der Waals surface area contributed by atoms with Crippen LogP contribution in [-0.2, 0) is 40.8 Å². The second-order valence-corrected chi connectivity index (χ2v) is 18.9. The van der Waals surface area contributed by atoms with Gasteiger partial charge in [-0.1, -0.05) is 143 Å². The molecule has 0 spiro atoms. The first-order valence-corrected chi connectivity index (χ1v) is 25.2. The molecule has 3 atom stereocenters. The number of carbonyl (C=O) groups is 3. The first-order valence-electron chi connectivity index (χ1n) is 25.2. The van der Waals surface area contributed by atoms with E-state index in [1.165, 1.54) is 96.3 Å². The number of ether oxygens (including phenoxy) is 3. The molecule has 0 aliphatic carbocycles. The fourth-order valence-corrected chi connectivity index (χ4v) is 10.2. The number of H-pyrrole nitrogens is 2. The van der Waals surface area contributed by atoms with E-state index in [2.05, 4.69) is 43.4 Å². The predicted octanol–water partition coefficient (Wildman–Crippen LogP) is 13.2. The maximum atomic E-state index is 13.8. The number of unbranched alkanes of at least 4 members (excludes halogenated alkanes) is 17. The molecule has 3 aromatic rings. The van der Waals surface area contributed by atoms with Crippen LogP contribution in [0.3, 0.4) is 0 Å². The Balaban J connectivity index is 1.17. The maximum absolute atomic E-state index is 13.8. The zero-order valence-electron chi connectivity index (χ0n) is 41.0. The smallest absolute Gasteiger partial charge is 0.384 e. The molecule has 11 nitrogen and oxygen atoms in total. The van der Waals surface area contributed by atoms with Crippen molar-refractivity contribution in [2.24, 2.45) is 0 Å². The normalized spacial score (nSPS) is 17.8. The van der Waals surface area contributed by atoms with E-state index in [0.29, 0.717) is 35.7 Å². The van der Waals surface area contributed by atoms with Crippen molar-refractivity contribution in [1.29, 1.82) is 0 Å². The van der Waals surface area contributed by atoms with Gasteiger partial charge in [0.2, 0.25) is 0 Å². The summed E-state index contributed by atoms with van der Waals surface area (Å²) in [6, 6.07) is 5.94. The van der Waals surface area contributed by atoms with Crippen LogP contribution in [0, 0.1) is 13.8 Å². The second-order valence-electron chi connectivity index (χ2n) is 18.9. The van der Waals surface area contributed by atoms with Crippen LogP contribution in [0.5, 0.6) is 0 Å². The molecule has 0 saturated heterocycles. The van der Waals surface area contributed by atoms with Crippen LogP contribution >= 0.6 is 0 Å². The van der Waals surface area contributed by atoms with Gasteiger partial charge in [-0.05, 0) is 80.5 Å². The highest BCUT2D eigenvalue weighted by atomic mass is 16.7. The molecular weight excluding hydrogens is 829 g/mol. The number of methoxy groups -OCH3 is 1. The Kier molecular flexibility index (Phi) is 18.0. The number of hydrogen-bond donors (Lipinski definition) is 3. The molecular formula is C55H76N4O7. The van der Waals surface area contributed by atoms with Gasteiger partial charge in [-0.3, -0.25) is 9.78 Å². The molecule has 0 radical (unpaired) electrons. The Hall–Kier alpha value is -5.03. The Labute approximate surface area is 392 Å². The van der Waals surface area contributed by atoms with Gasteiger partial charge in [0.15, 0.2) is 0 Å². The Morgan fingerprint density at radius 3 is 1.95 bits per heavy atom. The molecule has 0 fully saturated rings. The Morgan fingerprint density at radius 2 is 1.38 bits per heavy atom. The number of aromatic nitrogens is 4. The number of esters is 3. The Morgan fingerprint density at radius 1 is 0.803 bits per heavy atom. The van der Waals surface area contributed by atoms with Crippen molar-refractivity contribution >= 4 is 57.2 Å². The van der Waals surface area contributed by atoms with Gasteiger partial charge in [0, 0.05) is 51.6 Å². The number of fused-ring (bicyclic) bond motifs is 8. The van der Waals surface area contributed by atoms with Gasteiger partial charge in [0.05, 0.1) is 41.9 Å². The van der Waals surface area contributed by atoms with Gasteiger partial charge >= 0.3 is 23.7 Å². The second kappa shape index (κ2) is 23.6. The van der Waals surface area contributed by atoms with E-state index in [-0.39, 0.29) is 35.1 Å². The van der Waals surface area contributed by atoms with Crippen molar-refractivity contribution in [1.82, 2.24) is 19.9 Å². The molecule has 6 rings (SSSR count). The SMILES string of the molecule is C=Cc1c(C)c2cc3nc(c4c5nc(cc6[nH]c(cc1[nH]2)c(C)c6CC)C(C)=C5C(=O)O[C@]4(O)C(=O)OC)[C@@H](CCC(=O)OCCCCCCCCCCCCCCCCCCCC)[C@@H]3C. The summed E-state index contributed by atoms with van der Waals surface area (Å²) in [4.78, 5) is 58.1. The summed E-state index contributed by atoms with van der Waals surface area (Å²) in [6.45, 7) is 16.7. The average Bonchev–Trinajstić information content (AvgIpc) is 3.98. The largest absolute Gasteiger partial charge is 0.466 e. The summed E-state index contributed by atoms with van der Waals surface area (Å²) in [6.07, 6.45) is 26.2. The lowest BCUT2D eigenvalue weighted by Gasteiger charge is -2.32. The minimum Gasteiger partial charge on any atom is -0.466 e. The monoisotopic (exact) mass is 905 g/mol. The summed E-state index contributed by atoms with van der Waals surface area (Å²) < 4.78 is 16.5. The van der Waals surface area contributed by atoms with Crippen LogP contribution in [0.25, 0.3) is 39.3 Å². The summed E-state index contributed by atoms with van der Waals surface area (Å²) in [5.74, 6) is -6.04. The third-order valence-corrected chi connectivity index (χ3v) is 14.3. The fraction of sp³-hybridized carbons (Fsp3) is 0.582. The minimum atomic E-state index is -2.85. The van der Waals surface area contributed by atoms with Crippen LogP contribution in [-0.4, -0.2) is 56.7 Å². The van der Waals surface area contributed by atoms with Gasteiger partial charge in [-0.25, -0.2) is 14.6 Å². The highest BCUT2D eigenvalue weighted by Gasteiger charge is 2.55. The number of nitrogens with zero attached hydrogens (tertiary/aromatic N) is 2. The van der Waals surface area contributed by atoms with Crippen LogP contribution in [0.15, 0.2) is 24.8 Å². The van der Waals surface area contributed by atoms with E-state index >= 15 is 0 Å². The van der Waals surface area contributed by atoms with E-state index < -0.39 is 23.6 Å². The Bertz CT molecular complexity index is 2420. The van der Waals surface area contributed by atoms with Crippen molar-refractivity contribution in [3.63, 3.8) is 0 Å². The van der Waals surface area contributed by atoms with Gasteiger partial charge in [-0.15, -0.1) is 0 Å². The van der Waals surface area contributed by atoms with Crippen molar-refractivity contribution in [2.45, 2.75) is 194 Å². The molecule has 0 saturated carbocycles. The zero-order valence-corrected chi connectivity index (χ0v) is 41.0. The molecule has 0 unspecified atom stereocenters. The lowest BCUT2D eigenvalue weighted by Crippen LogP contribution is -2.46. The van der Waals surface area contributed by atoms with Crippen molar-refractivity contribution in [3.05, 3.63) is 75.4 Å². The van der Waals surface area contributed by atoms with E-state index in [0.717, 1.165) is 77.1 Å². The number of nitrogens with one attached hydrogen (secondary N) is 2. The lowest BCUT2D eigenvalue weighted by molar-refractivity contribution is -0.228. The predicted molar refractivity (Wildman–Crippen MR) is 265 cm³/mol. The third-order valence-electron chi connectivity index (χ3n) is 14.3. The van der Waals surface area contributed by atoms with Crippen LogP contribution in [0.2, 0.25) is 0 Å². The quantitative estimate of drug-likeness (QED) is 0.0428. The number of rotatable bonds is 25. The van der Waals surface area contributed by atoms with Crippen LogP contribution < -0.4 is 0 Å². The van der Waals surface area contributed by atoms with Crippen LogP contribution in [0.4, 0.5) is 0 Å². The first kappa shape index (κ1) is 50.4. The molecule has 3 aliphatic rings. The summed E-state index contributed by atoms with van der Waals surface area (Å²) >= 11 is 0. The number of cyclic esters (lactones) is 1. The fourth-order valence-electron chi connectivity index (χ4n) is 10.2. The molecule has 3 N–H and O–H groups in total. The van der Waals surface area contributed by atoms with E-state index in [4.69, 9.17) is 24.2 Å². The summed E-state index contributed by atoms with van der Waals surface area (Å²) in [5, 5.41) is 12.2. The number of aliphatic hydroxyl groups is 1. The molecule has 0 amide bonds. The number of carbonyl (C=O) groups excluding carboxylic acids is 3. The standard InChI is InChI=1S/C55H76N4O7/c1-9-12-13-14-15-16-17-18-19-20-21-22-23-24-25-26-27-28-31-65-48(60)30-29-41-37(6)44-32-42-35(4)39(10-2)46(56-42)33-43-36(5)40(11-3)47(57-43)34-45-38(7)49-52(59-45)50(51(41)58-44)55(63,54(62)64-8)66-53(49)61/h10,32-34,37,41,56-57,63H,2,9,11-31H2,1,3-8H3/t37-,41-,55-/m0/s1. The number of hydrogen-bond acceptors (Lipinski definition) is 9.